The van der Waals surface area contributed by atoms with E-state index in [1.54, 1.807) is 0 Å². The van der Waals surface area contributed by atoms with E-state index in [4.69, 9.17) is 0 Å². The lowest BCUT2D eigenvalue weighted by Crippen LogP contribution is -2.43. The van der Waals surface area contributed by atoms with Crippen LogP contribution in [0.1, 0.15) is 32.3 Å². The third kappa shape index (κ3) is 4.43. The summed E-state index contributed by atoms with van der Waals surface area (Å²) in [6.45, 7) is 7.88. The Balaban J connectivity index is 2.74. The summed E-state index contributed by atoms with van der Waals surface area (Å²) in [5.74, 6) is 0. The van der Waals surface area contributed by atoms with Crippen molar-refractivity contribution in [1.82, 2.24) is 10.2 Å². The van der Waals surface area contributed by atoms with E-state index < -0.39 is 0 Å². The van der Waals surface area contributed by atoms with Crippen LogP contribution in [0, 0.1) is 0 Å². The first-order valence-electron chi connectivity index (χ1n) is 7.01. The molecule has 1 atom stereocenters. The van der Waals surface area contributed by atoms with Crippen LogP contribution in [0.15, 0.2) is 30.3 Å². The smallest absolute Gasteiger partial charge is 0.0176 e. The molecule has 1 aromatic rings. The van der Waals surface area contributed by atoms with E-state index in [-0.39, 0.29) is 5.41 Å². The lowest BCUT2D eigenvalue weighted by atomic mass is 9.82. The fourth-order valence-corrected chi connectivity index (χ4v) is 2.58. The molecule has 0 aromatic heterocycles. The Labute approximate surface area is 112 Å². The maximum atomic E-state index is 3.34. The van der Waals surface area contributed by atoms with Gasteiger partial charge in [0.1, 0.15) is 0 Å². The number of likely N-dealkylation sites (N-methyl/N-ethyl adjacent to an activating group) is 2. The summed E-state index contributed by atoms with van der Waals surface area (Å²) >= 11 is 0. The fourth-order valence-electron chi connectivity index (χ4n) is 2.58. The molecule has 0 bridgehead atoms. The molecule has 0 aliphatic heterocycles. The van der Waals surface area contributed by atoms with Crippen LogP contribution in [0.2, 0.25) is 0 Å². The summed E-state index contributed by atoms with van der Waals surface area (Å²) in [5, 5.41) is 3.34. The maximum Gasteiger partial charge on any atom is 0.0176 e. The van der Waals surface area contributed by atoms with Gasteiger partial charge in [-0.05, 0) is 32.6 Å². The van der Waals surface area contributed by atoms with Crippen LogP contribution in [0.4, 0.5) is 0 Å². The van der Waals surface area contributed by atoms with Gasteiger partial charge in [-0.25, -0.2) is 0 Å². The molecule has 0 amide bonds. The second-order valence-corrected chi connectivity index (χ2v) is 5.55. The standard InChI is InChI=1S/C16H28N2/c1-5-6-12-18(4)14-16(2,13-17-3)15-10-8-7-9-11-15/h7-11,17H,5-6,12-14H2,1-4H3. The molecule has 1 unspecified atom stereocenters. The lowest BCUT2D eigenvalue weighted by molar-refractivity contribution is 0.249. The minimum absolute atomic E-state index is 0.179. The van der Waals surface area contributed by atoms with Gasteiger partial charge >= 0.3 is 0 Å². The van der Waals surface area contributed by atoms with Crippen molar-refractivity contribution in [2.45, 2.75) is 32.1 Å². The average Bonchev–Trinajstić information content (AvgIpc) is 2.37. The van der Waals surface area contributed by atoms with Crippen molar-refractivity contribution in [3.8, 4) is 0 Å². The Hall–Kier alpha value is -0.860. The van der Waals surface area contributed by atoms with Crippen LogP contribution < -0.4 is 5.32 Å². The zero-order valence-electron chi connectivity index (χ0n) is 12.4. The van der Waals surface area contributed by atoms with Gasteiger partial charge in [0, 0.05) is 18.5 Å². The molecule has 0 heterocycles. The van der Waals surface area contributed by atoms with Crippen LogP contribution in [-0.4, -0.2) is 38.6 Å². The lowest BCUT2D eigenvalue weighted by Gasteiger charge is -2.34. The van der Waals surface area contributed by atoms with E-state index in [2.05, 4.69) is 61.4 Å². The molecule has 0 saturated heterocycles. The second kappa shape index (κ2) is 7.55. The number of nitrogens with one attached hydrogen (secondary N) is 1. The van der Waals surface area contributed by atoms with Gasteiger partial charge in [0.2, 0.25) is 0 Å². The fraction of sp³-hybridized carbons (Fsp3) is 0.625. The van der Waals surface area contributed by atoms with E-state index in [9.17, 15) is 0 Å². The van der Waals surface area contributed by atoms with Gasteiger partial charge in [-0.1, -0.05) is 50.6 Å². The molecule has 0 saturated carbocycles. The van der Waals surface area contributed by atoms with Crippen LogP contribution >= 0.6 is 0 Å². The Morgan fingerprint density at radius 3 is 2.44 bits per heavy atom. The van der Waals surface area contributed by atoms with Gasteiger partial charge < -0.3 is 10.2 Å². The molecule has 1 aromatic carbocycles. The first kappa shape index (κ1) is 15.2. The Morgan fingerprint density at radius 1 is 1.22 bits per heavy atom. The molecular formula is C16H28N2. The van der Waals surface area contributed by atoms with E-state index in [0.717, 1.165) is 13.1 Å². The van der Waals surface area contributed by atoms with Gasteiger partial charge in [-0.2, -0.15) is 0 Å². The number of rotatable bonds is 8. The van der Waals surface area contributed by atoms with Crippen molar-refractivity contribution in [3.05, 3.63) is 35.9 Å². The van der Waals surface area contributed by atoms with E-state index in [1.807, 2.05) is 7.05 Å². The van der Waals surface area contributed by atoms with E-state index in [1.165, 1.54) is 24.9 Å². The molecular weight excluding hydrogens is 220 g/mol. The van der Waals surface area contributed by atoms with Crippen LogP contribution in [-0.2, 0) is 5.41 Å². The van der Waals surface area contributed by atoms with E-state index in [0.29, 0.717) is 0 Å². The highest BCUT2D eigenvalue weighted by Gasteiger charge is 2.27. The third-order valence-corrected chi connectivity index (χ3v) is 3.55. The first-order valence-corrected chi connectivity index (χ1v) is 7.01. The van der Waals surface area contributed by atoms with Crippen LogP contribution in [0.5, 0.6) is 0 Å². The molecule has 102 valence electrons. The molecule has 0 spiro atoms. The largest absolute Gasteiger partial charge is 0.319 e. The third-order valence-electron chi connectivity index (χ3n) is 3.55. The van der Waals surface area contributed by atoms with Crippen molar-refractivity contribution in [3.63, 3.8) is 0 Å². The zero-order valence-corrected chi connectivity index (χ0v) is 12.4. The van der Waals surface area contributed by atoms with Gasteiger partial charge in [0.25, 0.3) is 0 Å². The second-order valence-electron chi connectivity index (χ2n) is 5.55. The van der Waals surface area contributed by atoms with Crippen molar-refractivity contribution in [1.29, 1.82) is 0 Å². The SMILES string of the molecule is CCCCN(C)CC(C)(CNC)c1ccccc1. The summed E-state index contributed by atoms with van der Waals surface area (Å²) in [5.41, 5.74) is 1.60. The first-order chi connectivity index (χ1) is 8.62. The molecule has 0 aliphatic carbocycles. The van der Waals surface area contributed by atoms with Gasteiger partial charge in [0.15, 0.2) is 0 Å². The highest BCUT2D eigenvalue weighted by Crippen LogP contribution is 2.24. The van der Waals surface area contributed by atoms with Crippen molar-refractivity contribution in [2.24, 2.45) is 0 Å². The van der Waals surface area contributed by atoms with Crippen molar-refractivity contribution in [2.75, 3.05) is 33.7 Å². The van der Waals surface area contributed by atoms with Crippen LogP contribution in [0.25, 0.3) is 0 Å². The van der Waals surface area contributed by atoms with Gasteiger partial charge in [0.05, 0.1) is 0 Å². The summed E-state index contributed by atoms with van der Waals surface area (Å²) < 4.78 is 0. The van der Waals surface area contributed by atoms with Crippen molar-refractivity contribution < 1.29 is 0 Å². The normalized spacial score (nSPS) is 14.7. The molecule has 0 radical (unpaired) electrons. The number of unbranched alkanes of at least 4 members (excludes halogenated alkanes) is 1. The van der Waals surface area contributed by atoms with Gasteiger partial charge in [-0.15, -0.1) is 0 Å². The number of benzene rings is 1. The Morgan fingerprint density at radius 2 is 1.89 bits per heavy atom. The number of hydrogen-bond acceptors (Lipinski definition) is 2. The monoisotopic (exact) mass is 248 g/mol. The predicted molar refractivity (Wildman–Crippen MR) is 80.1 cm³/mol. The summed E-state index contributed by atoms with van der Waals surface area (Å²) in [4.78, 5) is 2.45. The summed E-state index contributed by atoms with van der Waals surface area (Å²) in [6.07, 6.45) is 2.54. The number of hydrogen-bond donors (Lipinski definition) is 1. The summed E-state index contributed by atoms with van der Waals surface area (Å²) in [7, 11) is 4.26. The predicted octanol–water partition coefficient (Wildman–Crippen LogP) is 2.90. The minimum Gasteiger partial charge on any atom is -0.319 e. The van der Waals surface area contributed by atoms with E-state index >= 15 is 0 Å². The molecule has 1 rings (SSSR count). The maximum absolute atomic E-state index is 3.34. The van der Waals surface area contributed by atoms with Crippen molar-refractivity contribution >= 4 is 0 Å². The van der Waals surface area contributed by atoms with Gasteiger partial charge in [-0.3, -0.25) is 0 Å². The highest BCUT2D eigenvalue weighted by molar-refractivity contribution is 5.25. The zero-order chi connectivity index (χ0) is 13.4. The topological polar surface area (TPSA) is 15.3 Å². The summed E-state index contributed by atoms with van der Waals surface area (Å²) in [6, 6.07) is 10.8. The minimum atomic E-state index is 0.179. The molecule has 2 nitrogen and oxygen atoms in total. The highest BCUT2D eigenvalue weighted by atomic mass is 15.1. The molecule has 0 aliphatic rings. The number of nitrogens with zero attached hydrogens (tertiary/aromatic N) is 1. The average molecular weight is 248 g/mol. The molecule has 0 fully saturated rings. The van der Waals surface area contributed by atoms with Crippen LogP contribution in [0.3, 0.4) is 0 Å². The molecule has 1 N–H and O–H groups in total. The Bertz CT molecular complexity index is 323. The molecule has 18 heavy (non-hydrogen) atoms. The quantitative estimate of drug-likeness (QED) is 0.761. The Kier molecular flexibility index (Phi) is 6.37. The molecule has 2 heteroatoms.